The van der Waals surface area contributed by atoms with E-state index in [1.165, 1.54) is 0 Å². The number of rotatable bonds is 3. The van der Waals surface area contributed by atoms with E-state index in [9.17, 15) is 5.26 Å². The van der Waals surface area contributed by atoms with E-state index in [2.05, 4.69) is 21.6 Å². The second-order valence-corrected chi connectivity index (χ2v) is 6.49. The Bertz CT molecular complexity index is 767. The van der Waals surface area contributed by atoms with E-state index in [0.717, 1.165) is 5.56 Å². The Morgan fingerprint density at radius 2 is 2.00 bits per heavy atom. The van der Waals surface area contributed by atoms with Crippen molar-refractivity contribution in [2.45, 2.75) is 12.0 Å². The summed E-state index contributed by atoms with van der Waals surface area (Å²) in [7, 11) is 0. The molecule has 124 valence electrons. The van der Waals surface area contributed by atoms with E-state index in [4.69, 9.17) is 39.5 Å². The van der Waals surface area contributed by atoms with Crippen molar-refractivity contribution in [3.63, 3.8) is 0 Å². The average molecular weight is 384 g/mol. The molecule has 2 atom stereocenters. The van der Waals surface area contributed by atoms with E-state index in [0.29, 0.717) is 41.1 Å². The van der Waals surface area contributed by atoms with Gasteiger partial charge in [0, 0.05) is 22.2 Å². The monoisotopic (exact) mass is 382 g/mol. The molecule has 1 saturated heterocycles. The Morgan fingerprint density at radius 1 is 1.25 bits per heavy atom. The molecule has 0 bridgehead atoms. The Hall–Kier alpha value is -1.42. The van der Waals surface area contributed by atoms with Crippen LogP contribution in [-0.4, -0.2) is 30.0 Å². The minimum Gasteiger partial charge on any atom is -0.378 e. The van der Waals surface area contributed by atoms with Crippen LogP contribution in [0.15, 0.2) is 24.3 Å². The molecular formula is C16H13Cl3N4O. The van der Waals surface area contributed by atoms with Gasteiger partial charge in [-0.15, -0.1) is 5.10 Å². The highest BCUT2D eigenvalue weighted by molar-refractivity contribution is 6.36. The minimum atomic E-state index is -0.755. The molecule has 0 amide bonds. The molecule has 0 aliphatic carbocycles. The fraction of sp³-hybridized carbons (Fsp3) is 0.312. The number of nitrogens with one attached hydrogen (secondary N) is 1. The molecule has 3 rings (SSSR count). The van der Waals surface area contributed by atoms with Gasteiger partial charge in [0.15, 0.2) is 5.15 Å². The van der Waals surface area contributed by atoms with Gasteiger partial charge in [-0.3, -0.25) is 0 Å². The maximum absolute atomic E-state index is 9.75. The highest BCUT2D eigenvalue weighted by Crippen LogP contribution is 2.37. The van der Waals surface area contributed by atoms with Gasteiger partial charge >= 0.3 is 0 Å². The van der Waals surface area contributed by atoms with Crippen LogP contribution in [0.3, 0.4) is 0 Å². The third-order valence-electron chi connectivity index (χ3n) is 3.81. The zero-order valence-corrected chi connectivity index (χ0v) is 14.7. The summed E-state index contributed by atoms with van der Waals surface area (Å²) in [6.45, 7) is 1.80. The molecule has 0 radical (unpaired) electrons. The van der Waals surface area contributed by atoms with Gasteiger partial charge in [0.1, 0.15) is 5.92 Å². The lowest BCUT2D eigenvalue weighted by Gasteiger charge is -2.26. The zero-order valence-electron chi connectivity index (χ0n) is 12.5. The van der Waals surface area contributed by atoms with Crippen molar-refractivity contribution in [2.24, 2.45) is 0 Å². The summed E-state index contributed by atoms with van der Waals surface area (Å²) in [5.41, 5.74) is 1.75. The predicted octanol–water partition coefficient (Wildman–Crippen LogP) is 3.75. The van der Waals surface area contributed by atoms with Gasteiger partial charge in [-0.05, 0) is 23.8 Å². The van der Waals surface area contributed by atoms with E-state index in [-0.39, 0.29) is 11.2 Å². The van der Waals surface area contributed by atoms with Gasteiger partial charge in [0.05, 0.1) is 31.0 Å². The summed E-state index contributed by atoms with van der Waals surface area (Å²) in [5, 5.41) is 22.2. The van der Waals surface area contributed by atoms with Crippen molar-refractivity contribution < 1.29 is 4.74 Å². The molecule has 5 nitrogen and oxygen atoms in total. The maximum Gasteiger partial charge on any atom is 0.152 e. The number of nitrogens with zero attached hydrogens (tertiary/aromatic N) is 3. The third-order valence-corrected chi connectivity index (χ3v) is 4.66. The van der Waals surface area contributed by atoms with Crippen LogP contribution >= 0.6 is 34.8 Å². The van der Waals surface area contributed by atoms with E-state index in [1.807, 2.05) is 0 Å². The van der Waals surface area contributed by atoms with Crippen LogP contribution in [0, 0.1) is 11.3 Å². The standard InChI is InChI=1S/C16H13Cl3N4O/c17-11-2-1-3-12(18)15(11)10(7-20)16-9(6-14(19)22-23-16)13-8-24-5-4-21-13/h1-3,6,10,13,21H,4-5,8H2. The number of halogens is 3. The first kappa shape index (κ1) is 17.4. The van der Waals surface area contributed by atoms with Crippen LogP contribution in [0.5, 0.6) is 0 Å². The largest absolute Gasteiger partial charge is 0.378 e. The quantitative estimate of drug-likeness (QED) is 0.874. The predicted molar refractivity (Wildman–Crippen MR) is 92.5 cm³/mol. The maximum atomic E-state index is 9.75. The molecule has 1 aromatic heterocycles. The van der Waals surface area contributed by atoms with Crippen molar-refractivity contribution in [3.05, 3.63) is 56.3 Å². The summed E-state index contributed by atoms with van der Waals surface area (Å²) < 4.78 is 5.51. The first-order valence-electron chi connectivity index (χ1n) is 7.29. The Morgan fingerprint density at radius 3 is 2.62 bits per heavy atom. The van der Waals surface area contributed by atoms with E-state index < -0.39 is 5.92 Å². The van der Waals surface area contributed by atoms with Crippen LogP contribution in [0.4, 0.5) is 0 Å². The van der Waals surface area contributed by atoms with Crippen molar-refractivity contribution in [1.82, 2.24) is 15.5 Å². The summed E-state index contributed by atoms with van der Waals surface area (Å²) in [5.74, 6) is -0.755. The lowest BCUT2D eigenvalue weighted by atomic mass is 9.91. The number of aromatic nitrogens is 2. The Balaban J connectivity index is 2.11. The lowest BCUT2D eigenvalue weighted by molar-refractivity contribution is 0.0764. The van der Waals surface area contributed by atoms with Crippen molar-refractivity contribution in [3.8, 4) is 6.07 Å². The first-order chi connectivity index (χ1) is 11.6. The number of ether oxygens (including phenoxy) is 1. The third kappa shape index (κ3) is 3.49. The molecule has 2 aromatic rings. The van der Waals surface area contributed by atoms with E-state index in [1.54, 1.807) is 24.3 Å². The molecule has 2 heterocycles. The zero-order chi connectivity index (χ0) is 17.1. The van der Waals surface area contributed by atoms with Crippen LogP contribution in [0.1, 0.15) is 28.8 Å². The molecule has 1 fully saturated rings. The highest BCUT2D eigenvalue weighted by Gasteiger charge is 2.28. The van der Waals surface area contributed by atoms with Crippen molar-refractivity contribution >= 4 is 34.8 Å². The van der Waals surface area contributed by atoms with Gasteiger partial charge in [-0.2, -0.15) is 10.4 Å². The molecule has 8 heteroatoms. The molecule has 2 unspecified atom stereocenters. The second-order valence-electron chi connectivity index (χ2n) is 5.29. The lowest BCUT2D eigenvalue weighted by Crippen LogP contribution is -2.35. The van der Waals surface area contributed by atoms with Crippen LogP contribution in [0.25, 0.3) is 0 Å². The minimum absolute atomic E-state index is 0.126. The molecule has 0 saturated carbocycles. The van der Waals surface area contributed by atoms with E-state index >= 15 is 0 Å². The molecule has 1 aliphatic rings. The fourth-order valence-corrected chi connectivity index (χ4v) is 3.48. The Labute approximate surface area is 154 Å². The Kier molecular flexibility index (Phi) is 5.54. The number of hydrogen-bond donors (Lipinski definition) is 1. The summed E-state index contributed by atoms with van der Waals surface area (Å²) in [4.78, 5) is 0. The molecule has 1 aromatic carbocycles. The van der Waals surface area contributed by atoms with Crippen molar-refractivity contribution in [2.75, 3.05) is 19.8 Å². The molecule has 1 aliphatic heterocycles. The number of hydrogen-bond acceptors (Lipinski definition) is 5. The second kappa shape index (κ2) is 7.64. The molecule has 0 spiro atoms. The van der Waals surface area contributed by atoms with Gasteiger partial charge in [0.2, 0.25) is 0 Å². The summed E-state index contributed by atoms with van der Waals surface area (Å²) in [6, 6.07) is 8.92. The van der Waals surface area contributed by atoms with Crippen LogP contribution in [-0.2, 0) is 4.74 Å². The van der Waals surface area contributed by atoms with Gasteiger partial charge < -0.3 is 10.1 Å². The SMILES string of the molecule is N#CC(c1nnc(Cl)cc1C1COCCN1)c1c(Cl)cccc1Cl. The molecular weight excluding hydrogens is 371 g/mol. The fourth-order valence-electron chi connectivity index (χ4n) is 2.71. The average Bonchev–Trinajstić information content (AvgIpc) is 2.59. The summed E-state index contributed by atoms with van der Waals surface area (Å²) in [6.07, 6.45) is 0. The topological polar surface area (TPSA) is 70.8 Å². The molecule has 24 heavy (non-hydrogen) atoms. The van der Waals surface area contributed by atoms with Gasteiger partial charge in [-0.1, -0.05) is 40.9 Å². The van der Waals surface area contributed by atoms with Crippen molar-refractivity contribution in [1.29, 1.82) is 5.26 Å². The summed E-state index contributed by atoms with van der Waals surface area (Å²) >= 11 is 18.6. The smallest absolute Gasteiger partial charge is 0.152 e. The van der Waals surface area contributed by atoms with Gasteiger partial charge in [0.25, 0.3) is 0 Å². The molecule has 1 N–H and O–H groups in total. The number of benzene rings is 1. The van der Waals surface area contributed by atoms with Crippen LogP contribution in [0.2, 0.25) is 15.2 Å². The normalized spacial score (nSPS) is 18.8. The van der Waals surface area contributed by atoms with Gasteiger partial charge in [-0.25, -0.2) is 0 Å². The first-order valence-corrected chi connectivity index (χ1v) is 8.43. The number of nitriles is 1. The van der Waals surface area contributed by atoms with Crippen LogP contribution < -0.4 is 5.32 Å². The highest BCUT2D eigenvalue weighted by atomic mass is 35.5. The number of morpholine rings is 1.